The van der Waals surface area contributed by atoms with Gasteiger partial charge in [-0.1, -0.05) is 36.4 Å². The first kappa shape index (κ1) is 21.7. The van der Waals surface area contributed by atoms with Gasteiger partial charge in [0.2, 0.25) is 11.8 Å². The molecule has 174 valence electrons. The second-order valence-corrected chi connectivity index (χ2v) is 7.83. The summed E-state index contributed by atoms with van der Waals surface area (Å²) < 4.78 is 12.6. The van der Waals surface area contributed by atoms with Crippen molar-refractivity contribution in [2.45, 2.75) is 12.5 Å². The average molecular weight is 469 g/mol. The Morgan fingerprint density at radius 3 is 2.80 bits per heavy atom. The van der Waals surface area contributed by atoms with Gasteiger partial charge in [0.1, 0.15) is 29.8 Å². The molecule has 11 nitrogen and oxygen atoms in total. The van der Waals surface area contributed by atoms with Crippen LogP contribution in [0.25, 0.3) is 11.3 Å². The van der Waals surface area contributed by atoms with Crippen LogP contribution >= 0.6 is 0 Å². The number of methoxy groups -OCH3 is 1. The van der Waals surface area contributed by atoms with E-state index in [1.165, 1.54) is 17.1 Å². The lowest BCUT2D eigenvalue weighted by Crippen LogP contribution is -2.21. The van der Waals surface area contributed by atoms with E-state index in [1.54, 1.807) is 13.2 Å². The topological polar surface area (TPSA) is 158 Å². The Labute approximate surface area is 199 Å². The van der Waals surface area contributed by atoms with Gasteiger partial charge < -0.3 is 15.2 Å². The molecule has 0 bridgehead atoms. The number of ether oxygens (including phenoxy) is 2. The number of nitro groups is 1. The predicted molar refractivity (Wildman–Crippen MR) is 124 cm³/mol. The van der Waals surface area contributed by atoms with Gasteiger partial charge in [0, 0.05) is 5.56 Å². The molecule has 0 saturated carbocycles. The van der Waals surface area contributed by atoms with Gasteiger partial charge in [-0.3, -0.25) is 19.9 Å². The number of aromatic amines is 1. The molecule has 1 aliphatic rings. The highest BCUT2D eigenvalue weighted by molar-refractivity contribution is 5.71. The Bertz CT molecular complexity index is 1500. The summed E-state index contributed by atoms with van der Waals surface area (Å²) in [6.07, 6.45) is 2.54. The van der Waals surface area contributed by atoms with Crippen LogP contribution in [0, 0.1) is 21.4 Å². The molecule has 11 heteroatoms. The number of H-pyrrole nitrogens is 1. The monoisotopic (exact) mass is 469 g/mol. The number of nitriles is 1. The van der Waals surface area contributed by atoms with Crippen LogP contribution in [-0.4, -0.2) is 32.0 Å². The van der Waals surface area contributed by atoms with Crippen LogP contribution in [0.3, 0.4) is 0 Å². The lowest BCUT2D eigenvalue weighted by Gasteiger charge is -2.25. The normalized spacial score (nSPS) is 14.7. The number of hydrogen-bond acceptors (Lipinski definition) is 8. The molecule has 5 rings (SSSR count). The van der Waals surface area contributed by atoms with Crippen molar-refractivity contribution in [3.05, 3.63) is 99.2 Å². The number of nitrogens with two attached hydrogens (primary N) is 1. The van der Waals surface area contributed by atoms with Crippen LogP contribution in [0.2, 0.25) is 0 Å². The van der Waals surface area contributed by atoms with Gasteiger partial charge in [0.25, 0.3) is 0 Å². The molecule has 0 spiro atoms. The maximum Gasteiger partial charge on any atom is 0.307 e. The van der Waals surface area contributed by atoms with Crippen molar-refractivity contribution in [1.82, 2.24) is 20.0 Å². The lowest BCUT2D eigenvalue weighted by molar-refractivity contribution is -0.385. The maximum absolute atomic E-state index is 11.0. The second-order valence-electron chi connectivity index (χ2n) is 7.83. The zero-order valence-electron chi connectivity index (χ0n) is 18.5. The third-order valence-corrected chi connectivity index (χ3v) is 5.80. The van der Waals surface area contributed by atoms with Crippen LogP contribution < -0.4 is 15.2 Å². The molecule has 3 heterocycles. The van der Waals surface area contributed by atoms with Gasteiger partial charge in [0.15, 0.2) is 0 Å². The minimum absolute atomic E-state index is 0.0174. The molecule has 2 aromatic carbocycles. The number of allylic oxidation sites excluding steroid dienone is 1. The van der Waals surface area contributed by atoms with E-state index < -0.39 is 10.8 Å². The Hall–Kier alpha value is -5.11. The minimum Gasteiger partial charge on any atom is -0.496 e. The van der Waals surface area contributed by atoms with Gasteiger partial charge in [-0.25, -0.2) is 0 Å². The van der Waals surface area contributed by atoms with Crippen molar-refractivity contribution in [3.63, 3.8) is 0 Å². The van der Waals surface area contributed by atoms with Gasteiger partial charge in [-0.2, -0.15) is 10.4 Å². The van der Waals surface area contributed by atoms with E-state index >= 15 is 0 Å². The lowest BCUT2D eigenvalue weighted by atomic mass is 9.82. The van der Waals surface area contributed by atoms with Crippen LogP contribution in [0.1, 0.15) is 22.6 Å². The van der Waals surface area contributed by atoms with Crippen LogP contribution in [-0.2, 0) is 6.54 Å². The Morgan fingerprint density at radius 1 is 1.31 bits per heavy atom. The zero-order chi connectivity index (χ0) is 24.5. The molecule has 0 saturated heterocycles. The van der Waals surface area contributed by atoms with Crippen molar-refractivity contribution >= 4 is 5.69 Å². The summed E-state index contributed by atoms with van der Waals surface area (Å²) in [7, 11) is 1.54. The number of aromatic nitrogens is 4. The number of fused-ring (bicyclic) bond motifs is 1. The molecular weight excluding hydrogens is 450 g/mol. The summed E-state index contributed by atoms with van der Waals surface area (Å²) in [5, 5.41) is 32.4. The van der Waals surface area contributed by atoms with Gasteiger partial charge >= 0.3 is 5.69 Å². The fourth-order valence-electron chi connectivity index (χ4n) is 4.21. The SMILES string of the molecule is COc1ccc([C@@H]2C(C#N)=C(N)Oc3n[nH]c(-c4ccccc4)c32)cc1Cn1cc([N+](=O)[O-])cn1. The predicted octanol–water partition coefficient (Wildman–Crippen LogP) is 3.46. The summed E-state index contributed by atoms with van der Waals surface area (Å²) in [4.78, 5) is 10.5. The quantitative estimate of drug-likeness (QED) is 0.321. The van der Waals surface area contributed by atoms with E-state index in [1.807, 2.05) is 42.5 Å². The smallest absolute Gasteiger partial charge is 0.307 e. The standard InChI is InChI=1S/C24H19N7O4/c1-34-19-8-7-15(9-16(19)12-30-13-17(11-27-30)31(32)33)20-18(10-25)23(26)35-24-21(20)22(28-29-24)14-5-3-2-4-6-14/h2-9,11,13,20H,12,26H2,1H3,(H,28,29)/t20-/m1/s1. The van der Waals surface area contributed by atoms with Crippen LogP contribution in [0.4, 0.5) is 5.69 Å². The first-order valence-corrected chi connectivity index (χ1v) is 10.5. The van der Waals surface area contributed by atoms with Crippen molar-refractivity contribution in [2.75, 3.05) is 7.11 Å². The van der Waals surface area contributed by atoms with Gasteiger partial charge in [0.05, 0.1) is 35.8 Å². The Morgan fingerprint density at radius 2 is 2.11 bits per heavy atom. The summed E-state index contributed by atoms with van der Waals surface area (Å²) in [5.41, 5.74) is 10.0. The van der Waals surface area contributed by atoms with E-state index in [4.69, 9.17) is 15.2 Å². The molecule has 35 heavy (non-hydrogen) atoms. The number of rotatable bonds is 6. The molecule has 0 unspecified atom stereocenters. The average Bonchev–Trinajstić information content (AvgIpc) is 3.51. The van der Waals surface area contributed by atoms with Crippen molar-refractivity contribution in [1.29, 1.82) is 5.26 Å². The first-order valence-electron chi connectivity index (χ1n) is 10.5. The molecule has 0 aliphatic carbocycles. The van der Waals surface area contributed by atoms with E-state index in [-0.39, 0.29) is 23.7 Å². The number of nitrogens with zero attached hydrogens (tertiary/aromatic N) is 5. The third kappa shape index (κ3) is 3.83. The van der Waals surface area contributed by atoms with E-state index in [0.29, 0.717) is 22.9 Å². The van der Waals surface area contributed by atoms with E-state index in [0.717, 1.165) is 16.7 Å². The van der Waals surface area contributed by atoms with Crippen LogP contribution in [0.15, 0.2) is 72.4 Å². The third-order valence-electron chi connectivity index (χ3n) is 5.80. The molecule has 0 radical (unpaired) electrons. The number of benzene rings is 2. The fourth-order valence-corrected chi connectivity index (χ4v) is 4.21. The molecular formula is C24H19N7O4. The summed E-state index contributed by atoms with van der Waals surface area (Å²) in [6.45, 7) is 0.221. The number of nitrogens with one attached hydrogen (secondary N) is 1. The largest absolute Gasteiger partial charge is 0.496 e. The molecule has 1 atom stereocenters. The molecule has 1 aliphatic heterocycles. The van der Waals surface area contributed by atoms with E-state index in [2.05, 4.69) is 21.4 Å². The Kier molecular flexibility index (Phi) is 5.39. The van der Waals surface area contributed by atoms with Crippen LogP contribution in [0.5, 0.6) is 11.6 Å². The van der Waals surface area contributed by atoms with Crippen molar-refractivity contribution in [3.8, 4) is 29.0 Å². The highest BCUT2D eigenvalue weighted by Gasteiger charge is 2.36. The maximum atomic E-state index is 11.0. The highest BCUT2D eigenvalue weighted by Crippen LogP contribution is 2.46. The molecule has 3 N–H and O–H groups in total. The second kappa shape index (κ2) is 8.68. The summed E-state index contributed by atoms with van der Waals surface area (Å²) in [6, 6.07) is 17.3. The van der Waals surface area contributed by atoms with E-state index in [9.17, 15) is 15.4 Å². The molecule has 2 aromatic heterocycles. The summed E-state index contributed by atoms with van der Waals surface area (Å²) >= 11 is 0. The zero-order valence-corrected chi connectivity index (χ0v) is 18.5. The van der Waals surface area contributed by atoms with Crippen molar-refractivity contribution in [2.24, 2.45) is 5.73 Å². The first-order chi connectivity index (χ1) is 17.0. The fraction of sp³-hybridized carbons (Fsp3) is 0.125. The summed E-state index contributed by atoms with van der Waals surface area (Å²) in [5.74, 6) is 0.293. The van der Waals surface area contributed by atoms with Gasteiger partial charge in [-0.15, -0.1) is 5.10 Å². The number of hydrogen-bond donors (Lipinski definition) is 2. The van der Waals surface area contributed by atoms with Gasteiger partial charge in [-0.05, 0) is 23.3 Å². The molecule has 0 fully saturated rings. The Balaban J connectivity index is 1.63. The molecule has 4 aromatic rings. The minimum atomic E-state index is -0.561. The van der Waals surface area contributed by atoms with Crippen molar-refractivity contribution < 1.29 is 14.4 Å². The molecule has 0 amide bonds. The highest BCUT2D eigenvalue weighted by atomic mass is 16.6.